The lowest BCUT2D eigenvalue weighted by Crippen LogP contribution is -2.41. The molecule has 2 aliphatic rings. The highest BCUT2D eigenvalue weighted by Crippen LogP contribution is 2.41. The van der Waals surface area contributed by atoms with Crippen molar-refractivity contribution >= 4 is 15.8 Å². The monoisotopic (exact) mass is 428 g/mol. The molecule has 10 heteroatoms. The van der Waals surface area contributed by atoms with Crippen LogP contribution < -0.4 is 4.74 Å². The van der Waals surface area contributed by atoms with Crippen molar-refractivity contribution in [3.8, 4) is 5.75 Å². The number of ether oxygens (including phenoxy) is 3. The lowest BCUT2D eigenvalue weighted by atomic mass is 9.94. The lowest BCUT2D eigenvalue weighted by molar-refractivity contribution is -0.153. The van der Waals surface area contributed by atoms with Crippen molar-refractivity contribution in [1.82, 2.24) is 0 Å². The van der Waals surface area contributed by atoms with Crippen molar-refractivity contribution in [3.05, 3.63) is 41.5 Å². The average Bonchev–Trinajstić information content (AvgIpc) is 3.04. The third-order valence-corrected chi connectivity index (χ3v) is 7.23. The molecule has 1 fully saturated rings. The maximum Gasteiger partial charge on any atom is 0.332 e. The molecule has 0 aromatic heterocycles. The molecule has 1 saturated heterocycles. The second kappa shape index (κ2) is 8.41. The van der Waals surface area contributed by atoms with E-state index in [1.165, 1.54) is 7.11 Å². The van der Waals surface area contributed by atoms with E-state index >= 15 is 0 Å². The highest BCUT2D eigenvalue weighted by molar-refractivity contribution is 7.91. The van der Waals surface area contributed by atoms with E-state index in [0.717, 1.165) is 6.08 Å². The van der Waals surface area contributed by atoms with Crippen molar-refractivity contribution in [2.75, 3.05) is 20.3 Å². The van der Waals surface area contributed by atoms with Crippen LogP contribution in [0.25, 0.3) is 0 Å². The van der Waals surface area contributed by atoms with Crippen LogP contribution in [0.3, 0.4) is 0 Å². The second-order valence-corrected chi connectivity index (χ2v) is 9.26. The normalized spacial score (nSPS) is 26.3. The molecule has 0 radical (unpaired) electrons. The number of carbonyl (C=O) groups is 1. The highest BCUT2D eigenvalue weighted by Gasteiger charge is 2.51. The van der Waals surface area contributed by atoms with Gasteiger partial charge >= 0.3 is 5.97 Å². The summed E-state index contributed by atoms with van der Waals surface area (Å²) in [4.78, 5) is 11.8. The predicted octanol–water partition coefficient (Wildman–Crippen LogP) is 0.248. The molecule has 0 amide bonds. The highest BCUT2D eigenvalue weighted by atomic mass is 32.2. The first kappa shape index (κ1) is 21.7. The van der Waals surface area contributed by atoms with E-state index in [9.17, 15) is 28.5 Å². The predicted molar refractivity (Wildman–Crippen MR) is 101 cm³/mol. The largest absolute Gasteiger partial charge is 0.497 e. The third kappa shape index (κ3) is 4.46. The molecule has 9 nitrogen and oxygen atoms in total. The van der Waals surface area contributed by atoms with Gasteiger partial charge in [0.25, 0.3) is 0 Å². The van der Waals surface area contributed by atoms with Gasteiger partial charge in [0, 0.05) is 6.42 Å². The van der Waals surface area contributed by atoms with Gasteiger partial charge in [-0.05, 0) is 30.2 Å². The summed E-state index contributed by atoms with van der Waals surface area (Å²) in [6.45, 7) is -0.832. The number of hydrogen-bond acceptors (Lipinski definition) is 8. The summed E-state index contributed by atoms with van der Waals surface area (Å²) in [7, 11) is -2.38. The van der Waals surface area contributed by atoms with Crippen molar-refractivity contribution in [2.45, 2.75) is 41.8 Å². The van der Waals surface area contributed by atoms with Crippen molar-refractivity contribution < 1.29 is 42.7 Å². The van der Waals surface area contributed by atoms with Gasteiger partial charge in [-0.25, -0.2) is 13.2 Å². The first-order valence-corrected chi connectivity index (χ1v) is 10.8. The molecule has 0 saturated carbocycles. The molecular weight excluding hydrogens is 404 g/mol. The Kier molecular flexibility index (Phi) is 6.30. The topological polar surface area (TPSA) is 140 Å². The molecule has 1 aromatic rings. The lowest BCUT2D eigenvalue weighted by Gasteiger charge is -2.33. The van der Waals surface area contributed by atoms with Gasteiger partial charge < -0.3 is 29.5 Å². The van der Waals surface area contributed by atoms with Gasteiger partial charge in [-0.3, -0.25) is 0 Å². The molecule has 1 heterocycles. The molecule has 1 aliphatic carbocycles. The van der Waals surface area contributed by atoms with Gasteiger partial charge in [-0.15, -0.1) is 0 Å². The number of benzene rings is 1. The zero-order valence-corrected chi connectivity index (χ0v) is 16.7. The molecular formula is C19H24O9S. The number of sulfone groups is 1. The Balaban J connectivity index is 1.89. The Morgan fingerprint density at radius 3 is 2.45 bits per heavy atom. The Morgan fingerprint density at radius 1 is 1.24 bits per heavy atom. The van der Waals surface area contributed by atoms with E-state index in [0.29, 0.717) is 11.3 Å². The van der Waals surface area contributed by atoms with Gasteiger partial charge in [-0.1, -0.05) is 12.1 Å². The second-order valence-electron chi connectivity index (χ2n) is 7.08. The van der Waals surface area contributed by atoms with E-state index in [-0.39, 0.29) is 24.2 Å². The molecule has 1 aliphatic heterocycles. The molecule has 1 spiro atoms. The van der Waals surface area contributed by atoms with Crippen LogP contribution in [0.4, 0.5) is 0 Å². The van der Waals surface area contributed by atoms with Crippen molar-refractivity contribution in [2.24, 2.45) is 0 Å². The Morgan fingerprint density at radius 2 is 1.90 bits per heavy atom. The van der Waals surface area contributed by atoms with Gasteiger partial charge in [0.05, 0.1) is 36.9 Å². The van der Waals surface area contributed by atoms with Crippen molar-refractivity contribution in [3.63, 3.8) is 0 Å². The van der Waals surface area contributed by atoms with Gasteiger partial charge in [0.2, 0.25) is 0 Å². The fraction of sp³-hybridized carbons (Fsp3) is 0.526. The van der Waals surface area contributed by atoms with E-state index < -0.39 is 52.3 Å². The van der Waals surface area contributed by atoms with Gasteiger partial charge in [0.1, 0.15) is 18.0 Å². The first-order valence-electron chi connectivity index (χ1n) is 9.11. The van der Waals surface area contributed by atoms with Gasteiger partial charge in [-0.2, -0.15) is 0 Å². The first-order chi connectivity index (χ1) is 13.7. The summed E-state index contributed by atoms with van der Waals surface area (Å²) < 4.78 is 42.4. The van der Waals surface area contributed by atoms with Crippen LogP contribution >= 0.6 is 0 Å². The molecule has 29 heavy (non-hydrogen) atoms. The Bertz CT molecular complexity index is 881. The zero-order chi connectivity index (χ0) is 21.2. The molecule has 3 atom stereocenters. The van der Waals surface area contributed by atoms with Crippen LogP contribution in [-0.4, -0.2) is 73.3 Å². The SMILES string of the molecule is COc1cccc(CS(=O)(=O)C2CCC3(C=C2C(=O)O)O[C@H](CO)[C@@H](CO)O3)c1. The maximum atomic E-state index is 13.0. The summed E-state index contributed by atoms with van der Waals surface area (Å²) >= 11 is 0. The quantitative estimate of drug-likeness (QED) is 0.557. The van der Waals surface area contributed by atoms with Crippen LogP contribution in [0.2, 0.25) is 0 Å². The van der Waals surface area contributed by atoms with Crippen LogP contribution in [-0.2, 0) is 29.9 Å². The fourth-order valence-corrected chi connectivity index (χ4v) is 5.62. The Hall–Kier alpha value is -1.98. The summed E-state index contributed by atoms with van der Waals surface area (Å²) in [6.07, 6.45) is -0.433. The number of carboxylic acid groups (broad SMARTS) is 1. The van der Waals surface area contributed by atoms with Gasteiger partial charge in [0.15, 0.2) is 15.6 Å². The van der Waals surface area contributed by atoms with E-state index in [2.05, 4.69) is 0 Å². The number of aliphatic carboxylic acids is 1. The number of hydrogen-bond donors (Lipinski definition) is 3. The third-order valence-electron chi connectivity index (χ3n) is 5.14. The van der Waals surface area contributed by atoms with Crippen LogP contribution in [0.1, 0.15) is 18.4 Å². The van der Waals surface area contributed by atoms with Crippen LogP contribution in [0.5, 0.6) is 5.75 Å². The maximum absolute atomic E-state index is 13.0. The molecule has 1 aromatic carbocycles. The minimum absolute atomic E-state index is 0.0271. The molecule has 3 rings (SSSR count). The fourth-order valence-electron chi connectivity index (χ4n) is 3.75. The number of rotatable bonds is 7. The minimum Gasteiger partial charge on any atom is -0.497 e. The summed E-state index contributed by atoms with van der Waals surface area (Å²) in [5.74, 6) is -2.70. The smallest absolute Gasteiger partial charge is 0.332 e. The molecule has 160 valence electrons. The summed E-state index contributed by atoms with van der Waals surface area (Å²) in [5, 5.41) is 27.2. The number of carboxylic acids is 1. The van der Waals surface area contributed by atoms with E-state index in [1.54, 1.807) is 24.3 Å². The molecule has 0 bridgehead atoms. The number of aliphatic hydroxyl groups excluding tert-OH is 2. The van der Waals surface area contributed by atoms with Crippen molar-refractivity contribution in [1.29, 1.82) is 0 Å². The number of aliphatic hydroxyl groups is 2. The average molecular weight is 428 g/mol. The summed E-state index contributed by atoms with van der Waals surface area (Å²) in [5.41, 5.74) is 0.151. The van der Waals surface area contributed by atoms with Crippen LogP contribution in [0, 0.1) is 0 Å². The Labute approximate surface area is 168 Å². The minimum atomic E-state index is -3.85. The van der Waals surface area contributed by atoms with E-state index in [4.69, 9.17) is 14.2 Å². The standard InChI is InChI=1S/C19H24O9S/c1-26-13-4-2-3-12(7-13)11-29(24,25)17-5-6-19(8-14(17)18(22)23)27-15(9-20)16(10-21)28-19/h2-4,7-8,15-17,20-21H,5-6,9-11H2,1H3,(H,22,23)/t15-,16-,17?/m1/s1. The number of methoxy groups -OCH3 is 1. The zero-order valence-electron chi connectivity index (χ0n) is 15.9. The van der Waals surface area contributed by atoms with E-state index in [1.807, 2.05) is 0 Å². The summed E-state index contributed by atoms with van der Waals surface area (Å²) in [6, 6.07) is 6.58. The van der Waals surface area contributed by atoms with Crippen LogP contribution in [0.15, 0.2) is 35.9 Å². The molecule has 1 unspecified atom stereocenters. The molecule has 3 N–H and O–H groups in total.